The number of piperidine rings is 1. The number of carbonyl (C=O) groups is 1. The molecule has 2 N–H and O–H groups in total. The van der Waals surface area contributed by atoms with Gasteiger partial charge < -0.3 is 24.7 Å². The van der Waals surface area contributed by atoms with Gasteiger partial charge in [-0.1, -0.05) is 0 Å². The molecule has 0 aromatic carbocycles. The van der Waals surface area contributed by atoms with Gasteiger partial charge in [-0.05, 0) is 12.8 Å². The number of fused-ring (bicyclic) bond motifs is 1. The van der Waals surface area contributed by atoms with Crippen molar-refractivity contribution in [3.8, 4) is 0 Å². The quantitative estimate of drug-likeness (QED) is 0.732. The number of anilines is 1. The van der Waals surface area contributed by atoms with Crippen LogP contribution in [0.4, 0.5) is 5.82 Å². The Morgan fingerprint density at radius 3 is 3.04 bits per heavy atom. The number of aromatic nitrogens is 4. The first-order chi connectivity index (χ1) is 11.7. The standard InChI is InChI=1S/C15H22N6O3/c1-23-11(24-2)6-16-15(22)10-4-3-5-21(7-10)14-12-13(18-8-17-12)19-9-20-14/h8-11H,3-7H2,1-2H3,(H,16,22)(H,17,18,19,20)/t10-/m1/s1. The van der Waals surface area contributed by atoms with Gasteiger partial charge in [0.25, 0.3) is 0 Å². The van der Waals surface area contributed by atoms with E-state index in [-0.39, 0.29) is 11.8 Å². The fourth-order valence-electron chi connectivity index (χ4n) is 2.97. The maximum atomic E-state index is 12.4. The van der Waals surface area contributed by atoms with E-state index < -0.39 is 6.29 Å². The average molecular weight is 334 g/mol. The molecule has 9 nitrogen and oxygen atoms in total. The van der Waals surface area contributed by atoms with Crippen LogP contribution in [0, 0.1) is 5.92 Å². The Hall–Kier alpha value is -2.26. The Kier molecular flexibility index (Phi) is 5.21. The Labute approximate surface area is 139 Å². The van der Waals surface area contributed by atoms with E-state index in [1.54, 1.807) is 20.5 Å². The van der Waals surface area contributed by atoms with Crippen molar-refractivity contribution in [2.75, 3.05) is 38.8 Å². The SMILES string of the molecule is COC(CNC(=O)[C@@H]1CCCN(c2ncnc3nc[nH]c23)C1)OC. The average Bonchev–Trinajstić information content (AvgIpc) is 3.11. The zero-order chi connectivity index (χ0) is 16.9. The van der Waals surface area contributed by atoms with Crippen LogP contribution >= 0.6 is 0 Å². The first-order valence-electron chi connectivity index (χ1n) is 7.95. The van der Waals surface area contributed by atoms with Crippen molar-refractivity contribution in [2.45, 2.75) is 19.1 Å². The van der Waals surface area contributed by atoms with E-state index in [1.807, 2.05) is 0 Å². The van der Waals surface area contributed by atoms with Gasteiger partial charge in [-0.2, -0.15) is 0 Å². The van der Waals surface area contributed by atoms with Crippen molar-refractivity contribution >= 4 is 22.9 Å². The highest BCUT2D eigenvalue weighted by Crippen LogP contribution is 2.25. The minimum Gasteiger partial charge on any atom is -0.354 e. The number of aromatic amines is 1. The van der Waals surface area contributed by atoms with Crippen LogP contribution in [0.3, 0.4) is 0 Å². The van der Waals surface area contributed by atoms with Gasteiger partial charge in [-0.15, -0.1) is 0 Å². The van der Waals surface area contributed by atoms with E-state index in [0.717, 1.165) is 30.7 Å². The first-order valence-corrected chi connectivity index (χ1v) is 7.95. The molecule has 0 aliphatic carbocycles. The van der Waals surface area contributed by atoms with Gasteiger partial charge in [0.15, 0.2) is 17.8 Å². The number of imidazole rings is 1. The van der Waals surface area contributed by atoms with E-state index in [4.69, 9.17) is 9.47 Å². The van der Waals surface area contributed by atoms with Crippen LogP contribution in [0.1, 0.15) is 12.8 Å². The Morgan fingerprint density at radius 1 is 1.42 bits per heavy atom. The lowest BCUT2D eigenvalue weighted by molar-refractivity contribution is -0.131. The van der Waals surface area contributed by atoms with Crippen LogP contribution in [0.2, 0.25) is 0 Å². The predicted molar refractivity (Wildman–Crippen MR) is 87.4 cm³/mol. The molecule has 0 spiro atoms. The smallest absolute Gasteiger partial charge is 0.225 e. The summed E-state index contributed by atoms with van der Waals surface area (Å²) in [5.74, 6) is 0.705. The molecule has 0 radical (unpaired) electrons. The molecule has 1 aliphatic heterocycles. The molecule has 2 aromatic rings. The number of ether oxygens (including phenoxy) is 2. The molecule has 1 atom stereocenters. The van der Waals surface area contributed by atoms with Crippen molar-refractivity contribution in [2.24, 2.45) is 5.92 Å². The summed E-state index contributed by atoms with van der Waals surface area (Å²) in [5, 5.41) is 2.89. The third-order valence-electron chi connectivity index (χ3n) is 4.26. The van der Waals surface area contributed by atoms with Crippen LogP contribution in [0.15, 0.2) is 12.7 Å². The third kappa shape index (κ3) is 3.46. The van der Waals surface area contributed by atoms with Crippen molar-refractivity contribution in [3.05, 3.63) is 12.7 Å². The Morgan fingerprint density at radius 2 is 2.25 bits per heavy atom. The first kappa shape index (κ1) is 16.6. The molecule has 0 bridgehead atoms. The van der Waals surface area contributed by atoms with Crippen LogP contribution in [-0.2, 0) is 14.3 Å². The molecule has 1 aliphatic rings. The summed E-state index contributed by atoms with van der Waals surface area (Å²) in [6, 6.07) is 0. The highest BCUT2D eigenvalue weighted by atomic mass is 16.7. The number of carbonyl (C=O) groups excluding carboxylic acids is 1. The lowest BCUT2D eigenvalue weighted by Crippen LogP contribution is -2.45. The van der Waals surface area contributed by atoms with E-state index >= 15 is 0 Å². The largest absolute Gasteiger partial charge is 0.354 e. The minimum absolute atomic E-state index is 0.00807. The maximum absolute atomic E-state index is 12.4. The second-order valence-corrected chi connectivity index (χ2v) is 5.73. The summed E-state index contributed by atoms with van der Waals surface area (Å²) in [7, 11) is 3.10. The lowest BCUT2D eigenvalue weighted by atomic mass is 9.97. The molecule has 0 saturated carbocycles. The highest BCUT2D eigenvalue weighted by molar-refractivity contribution is 5.84. The molecule has 130 valence electrons. The molecule has 0 unspecified atom stereocenters. The fraction of sp³-hybridized carbons (Fsp3) is 0.600. The molecule has 3 heterocycles. The second-order valence-electron chi connectivity index (χ2n) is 5.73. The summed E-state index contributed by atoms with van der Waals surface area (Å²) < 4.78 is 10.2. The zero-order valence-electron chi connectivity index (χ0n) is 13.9. The lowest BCUT2D eigenvalue weighted by Gasteiger charge is -2.33. The van der Waals surface area contributed by atoms with Gasteiger partial charge in [-0.25, -0.2) is 15.0 Å². The van der Waals surface area contributed by atoms with Gasteiger partial charge in [0, 0.05) is 27.3 Å². The molecule has 1 amide bonds. The normalized spacial score (nSPS) is 18.3. The minimum atomic E-state index is -0.430. The topological polar surface area (TPSA) is 105 Å². The fourth-order valence-corrected chi connectivity index (χ4v) is 2.97. The molecule has 1 fully saturated rings. The van der Waals surface area contributed by atoms with Crippen LogP contribution in [-0.4, -0.2) is 66.0 Å². The zero-order valence-corrected chi connectivity index (χ0v) is 13.9. The molecule has 2 aromatic heterocycles. The van der Waals surface area contributed by atoms with Gasteiger partial charge >= 0.3 is 0 Å². The van der Waals surface area contributed by atoms with Crippen molar-refractivity contribution < 1.29 is 14.3 Å². The van der Waals surface area contributed by atoms with E-state index in [9.17, 15) is 4.79 Å². The third-order valence-corrected chi connectivity index (χ3v) is 4.26. The summed E-state index contributed by atoms with van der Waals surface area (Å²) >= 11 is 0. The summed E-state index contributed by atoms with van der Waals surface area (Å²) in [6.45, 7) is 1.80. The maximum Gasteiger partial charge on any atom is 0.225 e. The number of amides is 1. The van der Waals surface area contributed by atoms with Crippen molar-refractivity contribution in [1.82, 2.24) is 25.3 Å². The van der Waals surface area contributed by atoms with E-state index in [1.165, 1.54) is 6.33 Å². The number of hydrogen-bond donors (Lipinski definition) is 2. The number of hydrogen-bond acceptors (Lipinski definition) is 7. The number of methoxy groups -OCH3 is 2. The molecule has 24 heavy (non-hydrogen) atoms. The van der Waals surface area contributed by atoms with Crippen molar-refractivity contribution in [1.29, 1.82) is 0 Å². The van der Waals surface area contributed by atoms with E-state index in [2.05, 4.69) is 30.2 Å². The molecule has 9 heteroatoms. The van der Waals surface area contributed by atoms with Gasteiger partial charge in [0.05, 0.1) is 18.8 Å². The predicted octanol–water partition coefficient (Wildman–Crippen LogP) is 0.304. The van der Waals surface area contributed by atoms with Crippen LogP contribution in [0.25, 0.3) is 11.2 Å². The number of rotatable bonds is 6. The van der Waals surface area contributed by atoms with E-state index in [0.29, 0.717) is 18.7 Å². The van der Waals surface area contributed by atoms with Crippen LogP contribution in [0.5, 0.6) is 0 Å². The Balaban J connectivity index is 1.66. The van der Waals surface area contributed by atoms with Gasteiger partial charge in [0.1, 0.15) is 11.8 Å². The summed E-state index contributed by atoms with van der Waals surface area (Å²) in [6.07, 6.45) is 4.45. The van der Waals surface area contributed by atoms with Gasteiger partial charge in [0.2, 0.25) is 5.91 Å². The van der Waals surface area contributed by atoms with Crippen molar-refractivity contribution in [3.63, 3.8) is 0 Å². The molecular weight excluding hydrogens is 312 g/mol. The number of nitrogens with zero attached hydrogens (tertiary/aromatic N) is 4. The number of H-pyrrole nitrogens is 1. The van der Waals surface area contributed by atoms with Gasteiger partial charge in [-0.3, -0.25) is 4.79 Å². The highest BCUT2D eigenvalue weighted by Gasteiger charge is 2.28. The molecule has 3 rings (SSSR count). The molecule has 1 saturated heterocycles. The second kappa shape index (κ2) is 7.54. The van der Waals surface area contributed by atoms with Crippen LogP contribution < -0.4 is 10.2 Å². The molecular formula is C15H22N6O3. The summed E-state index contributed by atoms with van der Waals surface area (Å²) in [4.78, 5) is 30.3. The Bertz CT molecular complexity index is 687. The number of nitrogens with one attached hydrogen (secondary N) is 2. The summed E-state index contributed by atoms with van der Waals surface area (Å²) in [5.41, 5.74) is 1.44. The monoisotopic (exact) mass is 334 g/mol.